The number of nitrogens with zero attached hydrogens (tertiary/aromatic N) is 2. The summed E-state index contributed by atoms with van der Waals surface area (Å²) in [6, 6.07) is 10.3. The van der Waals surface area contributed by atoms with Crippen LogP contribution in [-0.2, 0) is 16.1 Å². The van der Waals surface area contributed by atoms with E-state index in [2.05, 4.69) is 15.7 Å². The highest BCUT2D eigenvalue weighted by Gasteiger charge is 2.22. The topological polar surface area (TPSA) is 76.0 Å². The molecule has 24 heavy (non-hydrogen) atoms. The Morgan fingerprint density at radius 1 is 1.25 bits per heavy atom. The van der Waals surface area contributed by atoms with Crippen molar-refractivity contribution in [2.75, 3.05) is 6.54 Å². The molecule has 0 radical (unpaired) electrons. The van der Waals surface area contributed by atoms with E-state index in [1.165, 1.54) is 6.08 Å². The third-order valence-electron chi connectivity index (χ3n) is 3.63. The molecule has 124 valence electrons. The van der Waals surface area contributed by atoms with Gasteiger partial charge in [0, 0.05) is 23.9 Å². The van der Waals surface area contributed by atoms with Crippen LogP contribution in [0.3, 0.4) is 0 Å². The monoisotopic (exact) mass is 324 g/mol. The van der Waals surface area contributed by atoms with Gasteiger partial charge in [-0.05, 0) is 24.5 Å². The van der Waals surface area contributed by atoms with Crippen molar-refractivity contribution in [3.8, 4) is 0 Å². The van der Waals surface area contributed by atoms with E-state index in [4.69, 9.17) is 0 Å². The normalized spacial score (nSPS) is 13.8. The van der Waals surface area contributed by atoms with E-state index in [9.17, 15) is 9.59 Å². The predicted molar refractivity (Wildman–Crippen MR) is 91.0 cm³/mol. The molecule has 3 rings (SSSR count). The molecule has 1 aromatic heterocycles. The van der Waals surface area contributed by atoms with Gasteiger partial charge in [-0.2, -0.15) is 5.10 Å². The van der Waals surface area contributed by atoms with Crippen LogP contribution in [0.5, 0.6) is 0 Å². The largest absolute Gasteiger partial charge is 0.352 e. The molecular formula is C18H20N4O2. The highest BCUT2D eigenvalue weighted by Crippen LogP contribution is 2.18. The lowest BCUT2D eigenvalue weighted by molar-refractivity contribution is -0.124. The maximum Gasteiger partial charge on any atom is 0.244 e. The van der Waals surface area contributed by atoms with E-state index in [0.717, 1.165) is 24.0 Å². The lowest BCUT2D eigenvalue weighted by Gasteiger charge is -2.03. The highest BCUT2D eigenvalue weighted by molar-refractivity contribution is 5.94. The molecule has 1 heterocycles. The number of rotatable bonds is 7. The number of carbonyl (C=O) groups excluding carboxylic acids is 2. The number of amides is 2. The summed E-state index contributed by atoms with van der Waals surface area (Å²) < 4.78 is 1.82. The number of nitrogens with one attached hydrogen (secondary N) is 2. The van der Waals surface area contributed by atoms with Crippen molar-refractivity contribution < 1.29 is 9.59 Å². The molecular weight excluding hydrogens is 304 g/mol. The summed E-state index contributed by atoms with van der Waals surface area (Å²) in [6.07, 6.45) is 8.74. The van der Waals surface area contributed by atoms with Gasteiger partial charge in [0.15, 0.2) is 0 Å². The molecule has 6 heteroatoms. The van der Waals surface area contributed by atoms with Gasteiger partial charge in [0.25, 0.3) is 0 Å². The third-order valence-corrected chi connectivity index (χ3v) is 3.63. The molecule has 1 aliphatic carbocycles. The van der Waals surface area contributed by atoms with Crippen molar-refractivity contribution in [1.29, 1.82) is 0 Å². The van der Waals surface area contributed by atoms with Crippen molar-refractivity contribution >= 4 is 17.9 Å². The first kappa shape index (κ1) is 16.0. The van der Waals surface area contributed by atoms with Crippen molar-refractivity contribution in [1.82, 2.24) is 20.4 Å². The van der Waals surface area contributed by atoms with Crippen molar-refractivity contribution in [2.24, 2.45) is 0 Å². The zero-order chi connectivity index (χ0) is 16.8. The summed E-state index contributed by atoms with van der Waals surface area (Å²) in [5.41, 5.74) is 2.00. The summed E-state index contributed by atoms with van der Waals surface area (Å²) in [5, 5.41) is 9.66. The van der Waals surface area contributed by atoms with Crippen molar-refractivity contribution in [3.05, 3.63) is 59.9 Å². The molecule has 2 aromatic rings. The molecule has 6 nitrogen and oxygen atoms in total. The Kier molecular flexibility index (Phi) is 5.05. The van der Waals surface area contributed by atoms with Crippen LogP contribution in [-0.4, -0.2) is 34.2 Å². The van der Waals surface area contributed by atoms with Crippen LogP contribution in [0.1, 0.15) is 24.0 Å². The van der Waals surface area contributed by atoms with Crippen LogP contribution < -0.4 is 10.6 Å². The Morgan fingerprint density at radius 2 is 2.04 bits per heavy atom. The van der Waals surface area contributed by atoms with E-state index in [1.807, 2.05) is 41.2 Å². The first-order valence-electron chi connectivity index (χ1n) is 8.01. The molecule has 0 spiro atoms. The first-order chi connectivity index (χ1) is 11.7. The van der Waals surface area contributed by atoms with E-state index >= 15 is 0 Å². The van der Waals surface area contributed by atoms with E-state index in [1.54, 1.807) is 12.3 Å². The zero-order valence-corrected chi connectivity index (χ0v) is 13.3. The minimum absolute atomic E-state index is 0.00689. The van der Waals surface area contributed by atoms with Gasteiger partial charge in [-0.15, -0.1) is 0 Å². The molecule has 0 atom stereocenters. The molecule has 0 saturated heterocycles. The lowest BCUT2D eigenvalue weighted by Crippen LogP contribution is -2.37. The SMILES string of the molecule is O=C(/C=C/c1cnn(Cc2ccccc2)c1)NCC(=O)NC1CC1. The molecule has 0 aliphatic heterocycles. The molecule has 0 unspecified atom stereocenters. The lowest BCUT2D eigenvalue weighted by atomic mass is 10.2. The van der Waals surface area contributed by atoms with Gasteiger partial charge in [0.1, 0.15) is 0 Å². The number of carbonyl (C=O) groups is 2. The number of aromatic nitrogens is 2. The Balaban J connectivity index is 1.45. The van der Waals surface area contributed by atoms with Gasteiger partial charge in [0.05, 0.1) is 19.3 Å². The number of hydrogen-bond donors (Lipinski definition) is 2. The first-order valence-corrected chi connectivity index (χ1v) is 8.01. The molecule has 1 aliphatic rings. The van der Waals surface area contributed by atoms with Crippen molar-refractivity contribution in [2.45, 2.75) is 25.4 Å². The Labute approximate surface area is 140 Å². The standard InChI is InChI=1S/C18H20N4O2/c23-17(19-11-18(24)21-16-7-8-16)9-6-15-10-20-22(13-15)12-14-4-2-1-3-5-14/h1-6,9-10,13,16H,7-8,11-12H2,(H,19,23)(H,21,24)/b9-6+. The van der Waals surface area contributed by atoms with Crippen LogP contribution >= 0.6 is 0 Å². The van der Waals surface area contributed by atoms with E-state index < -0.39 is 0 Å². The fourth-order valence-corrected chi connectivity index (χ4v) is 2.23. The summed E-state index contributed by atoms with van der Waals surface area (Å²) in [7, 11) is 0. The van der Waals surface area contributed by atoms with Gasteiger partial charge in [-0.3, -0.25) is 14.3 Å². The summed E-state index contributed by atoms with van der Waals surface area (Å²) in [5.74, 6) is -0.438. The second-order valence-electron chi connectivity index (χ2n) is 5.85. The quantitative estimate of drug-likeness (QED) is 0.755. The Morgan fingerprint density at radius 3 is 2.79 bits per heavy atom. The average molecular weight is 324 g/mol. The second-order valence-corrected chi connectivity index (χ2v) is 5.85. The molecule has 0 bridgehead atoms. The molecule has 2 N–H and O–H groups in total. The Hall–Kier alpha value is -2.89. The summed E-state index contributed by atoms with van der Waals surface area (Å²) in [4.78, 5) is 23.2. The fourth-order valence-electron chi connectivity index (χ4n) is 2.23. The number of benzene rings is 1. The van der Waals surface area contributed by atoms with Gasteiger partial charge >= 0.3 is 0 Å². The second kappa shape index (κ2) is 7.59. The van der Waals surface area contributed by atoms with Crippen molar-refractivity contribution in [3.63, 3.8) is 0 Å². The molecule has 1 saturated carbocycles. The predicted octanol–water partition coefficient (Wildman–Crippen LogP) is 1.34. The summed E-state index contributed by atoms with van der Waals surface area (Å²) in [6.45, 7) is 0.690. The maximum atomic E-state index is 11.7. The summed E-state index contributed by atoms with van der Waals surface area (Å²) >= 11 is 0. The Bertz CT molecular complexity index is 732. The minimum Gasteiger partial charge on any atom is -0.352 e. The van der Waals surface area contributed by atoms with Crippen LogP contribution in [0.2, 0.25) is 0 Å². The van der Waals surface area contributed by atoms with Crippen LogP contribution in [0, 0.1) is 0 Å². The highest BCUT2D eigenvalue weighted by atomic mass is 16.2. The van der Waals surface area contributed by atoms with Crippen LogP contribution in [0.4, 0.5) is 0 Å². The van der Waals surface area contributed by atoms with Gasteiger partial charge < -0.3 is 10.6 Å². The molecule has 2 amide bonds. The minimum atomic E-state index is -0.295. The van der Waals surface area contributed by atoms with E-state index in [-0.39, 0.29) is 18.4 Å². The molecule has 1 aromatic carbocycles. The fraction of sp³-hybridized carbons (Fsp3) is 0.278. The number of hydrogen-bond acceptors (Lipinski definition) is 3. The smallest absolute Gasteiger partial charge is 0.244 e. The zero-order valence-electron chi connectivity index (χ0n) is 13.3. The van der Waals surface area contributed by atoms with E-state index in [0.29, 0.717) is 12.6 Å². The van der Waals surface area contributed by atoms with Crippen LogP contribution in [0.25, 0.3) is 6.08 Å². The van der Waals surface area contributed by atoms with Gasteiger partial charge in [0.2, 0.25) is 11.8 Å². The van der Waals surface area contributed by atoms with Gasteiger partial charge in [-0.1, -0.05) is 30.3 Å². The third kappa shape index (κ3) is 5.08. The maximum absolute atomic E-state index is 11.7. The average Bonchev–Trinajstić information content (AvgIpc) is 3.29. The van der Waals surface area contributed by atoms with Gasteiger partial charge in [-0.25, -0.2) is 0 Å². The van der Waals surface area contributed by atoms with Crippen LogP contribution in [0.15, 0.2) is 48.8 Å². The molecule has 1 fully saturated rings.